The first-order chi connectivity index (χ1) is 8.20. The Morgan fingerprint density at radius 2 is 2.24 bits per heavy atom. The molecule has 0 saturated heterocycles. The highest BCUT2D eigenvalue weighted by Gasteiger charge is 2.08. The van der Waals surface area contributed by atoms with Gasteiger partial charge >= 0.3 is 0 Å². The van der Waals surface area contributed by atoms with Gasteiger partial charge in [0, 0.05) is 31.4 Å². The summed E-state index contributed by atoms with van der Waals surface area (Å²) in [5, 5.41) is 7.20. The van der Waals surface area contributed by atoms with Crippen molar-refractivity contribution in [2.24, 2.45) is 7.05 Å². The molecule has 0 saturated carbocycles. The van der Waals surface area contributed by atoms with Gasteiger partial charge in [0.2, 0.25) is 0 Å². The second-order valence-corrected chi connectivity index (χ2v) is 3.66. The molecule has 2 aromatic rings. The highest BCUT2D eigenvalue weighted by atomic mass is 19.1. The molecule has 0 fully saturated rings. The van der Waals surface area contributed by atoms with E-state index >= 15 is 0 Å². The third-order valence-corrected chi connectivity index (χ3v) is 2.44. The summed E-state index contributed by atoms with van der Waals surface area (Å²) >= 11 is 0. The predicted molar refractivity (Wildman–Crippen MR) is 63.5 cm³/mol. The van der Waals surface area contributed by atoms with Crippen LogP contribution in [-0.4, -0.2) is 16.9 Å². The van der Waals surface area contributed by atoms with Crippen molar-refractivity contribution in [1.29, 1.82) is 0 Å². The second-order valence-electron chi connectivity index (χ2n) is 3.66. The Balaban J connectivity index is 2.09. The number of methoxy groups -OCH3 is 1. The van der Waals surface area contributed by atoms with Gasteiger partial charge in [-0.3, -0.25) is 4.68 Å². The number of anilines is 1. The molecular weight excluding hydrogens is 221 g/mol. The van der Waals surface area contributed by atoms with Crippen molar-refractivity contribution in [1.82, 2.24) is 9.78 Å². The fourth-order valence-electron chi connectivity index (χ4n) is 1.55. The SMILES string of the molecule is COc1cccc(CNc2ccn(C)n2)c1F. The summed E-state index contributed by atoms with van der Waals surface area (Å²) in [6, 6.07) is 6.91. The molecule has 0 bridgehead atoms. The lowest BCUT2D eigenvalue weighted by Crippen LogP contribution is -2.04. The molecule has 5 heteroatoms. The molecule has 90 valence electrons. The molecule has 0 amide bonds. The predicted octanol–water partition coefficient (Wildman–Crippen LogP) is 2.18. The zero-order valence-electron chi connectivity index (χ0n) is 9.77. The van der Waals surface area contributed by atoms with Crippen LogP contribution in [0.1, 0.15) is 5.56 Å². The van der Waals surface area contributed by atoms with Crippen LogP contribution in [0.4, 0.5) is 10.2 Å². The molecule has 1 N–H and O–H groups in total. The highest BCUT2D eigenvalue weighted by molar-refractivity contribution is 5.37. The Kier molecular flexibility index (Phi) is 3.27. The normalized spacial score (nSPS) is 10.3. The fraction of sp³-hybridized carbons (Fsp3) is 0.250. The standard InChI is InChI=1S/C12H14FN3O/c1-16-7-6-11(15-16)14-8-9-4-3-5-10(17-2)12(9)13/h3-7H,8H2,1-2H3,(H,14,15). The van der Waals surface area contributed by atoms with Crippen LogP contribution in [0.2, 0.25) is 0 Å². The molecule has 0 spiro atoms. The van der Waals surface area contributed by atoms with Gasteiger partial charge in [0.1, 0.15) is 5.82 Å². The van der Waals surface area contributed by atoms with Crippen molar-refractivity contribution in [3.05, 3.63) is 41.8 Å². The summed E-state index contributed by atoms with van der Waals surface area (Å²) in [4.78, 5) is 0. The van der Waals surface area contributed by atoms with Gasteiger partial charge in [-0.25, -0.2) is 4.39 Å². The first kappa shape index (κ1) is 11.4. The fourth-order valence-corrected chi connectivity index (χ4v) is 1.55. The van der Waals surface area contributed by atoms with E-state index in [2.05, 4.69) is 10.4 Å². The summed E-state index contributed by atoms with van der Waals surface area (Å²) in [5.41, 5.74) is 0.551. The zero-order valence-corrected chi connectivity index (χ0v) is 9.77. The van der Waals surface area contributed by atoms with E-state index in [1.165, 1.54) is 7.11 Å². The average Bonchev–Trinajstić information content (AvgIpc) is 2.74. The van der Waals surface area contributed by atoms with Gasteiger partial charge in [0.25, 0.3) is 0 Å². The maximum absolute atomic E-state index is 13.8. The summed E-state index contributed by atoms with van der Waals surface area (Å²) in [6.07, 6.45) is 1.82. The quantitative estimate of drug-likeness (QED) is 0.882. The van der Waals surface area contributed by atoms with Crippen LogP contribution in [0.25, 0.3) is 0 Å². The topological polar surface area (TPSA) is 39.1 Å². The molecule has 1 heterocycles. The Morgan fingerprint density at radius 3 is 2.88 bits per heavy atom. The number of nitrogens with one attached hydrogen (secondary N) is 1. The van der Waals surface area contributed by atoms with Gasteiger partial charge in [0.15, 0.2) is 11.6 Å². The van der Waals surface area contributed by atoms with Gasteiger partial charge in [0.05, 0.1) is 7.11 Å². The van der Waals surface area contributed by atoms with Crippen LogP contribution < -0.4 is 10.1 Å². The molecule has 0 atom stereocenters. The largest absolute Gasteiger partial charge is 0.494 e. The van der Waals surface area contributed by atoms with Crippen LogP contribution in [0.3, 0.4) is 0 Å². The molecule has 4 nitrogen and oxygen atoms in total. The summed E-state index contributed by atoms with van der Waals surface area (Å²) in [5.74, 6) is 0.637. The maximum Gasteiger partial charge on any atom is 0.170 e. The number of rotatable bonds is 4. The number of aromatic nitrogens is 2. The highest BCUT2D eigenvalue weighted by Crippen LogP contribution is 2.20. The van der Waals surface area contributed by atoms with Gasteiger partial charge in [-0.2, -0.15) is 5.10 Å². The summed E-state index contributed by atoms with van der Waals surface area (Å²) in [7, 11) is 3.28. The molecule has 1 aromatic heterocycles. The zero-order chi connectivity index (χ0) is 12.3. The summed E-state index contributed by atoms with van der Waals surface area (Å²) < 4.78 is 20.4. The number of ether oxygens (including phenoxy) is 1. The Hall–Kier alpha value is -2.04. The summed E-state index contributed by atoms with van der Waals surface area (Å²) in [6.45, 7) is 0.375. The van der Waals surface area contributed by atoms with Crippen LogP contribution in [0.5, 0.6) is 5.75 Å². The number of nitrogens with zero attached hydrogens (tertiary/aromatic N) is 2. The molecular formula is C12H14FN3O. The van der Waals surface area contributed by atoms with Gasteiger partial charge in [-0.05, 0) is 6.07 Å². The lowest BCUT2D eigenvalue weighted by molar-refractivity contribution is 0.384. The van der Waals surface area contributed by atoms with Crippen molar-refractivity contribution >= 4 is 5.82 Å². The third kappa shape index (κ3) is 2.55. The van der Waals surface area contributed by atoms with Crippen LogP contribution in [0.15, 0.2) is 30.5 Å². The molecule has 0 aliphatic carbocycles. The van der Waals surface area contributed by atoms with E-state index in [1.807, 2.05) is 19.3 Å². The molecule has 1 aromatic carbocycles. The molecule has 0 radical (unpaired) electrons. The van der Waals surface area contributed by atoms with Gasteiger partial charge in [-0.1, -0.05) is 12.1 Å². The molecule has 0 aliphatic heterocycles. The number of halogens is 1. The lowest BCUT2D eigenvalue weighted by Gasteiger charge is -2.07. The van der Waals surface area contributed by atoms with Crippen molar-refractivity contribution in [2.75, 3.05) is 12.4 Å². The average molecular weight is 235 g/mol. The Labute approximate surface area is 99.0 Å². The minimum atomic E-state index is -0.335. The van der Waals surface area contributed by atoms with Crippen molar-refractivity contribution in [3.63, 3.8) is 0 Å². The lowest BCUT2D eigenvalue weighted by atomic mass is 10.2. The van der Waals surface area contributed by atoms with Crippen molar-refractivity contribution in [2.45, 2.75) is 6.54 Å². The number of hydrogen-bond donors (Lipinski definition) is 1. The Bertz CT molecular complexity index is 510. The first-order valence-electron chi connectivity index (χ1n) is 5.25. The van der Waals surface area contributed by atoms with E-state index in [4.69, 9.17) is 4.74 Å². The molecule has 2 rings (SSSR count). The van der Waals surface area contributed by atoms with E-state index in [0.29, 0.717) is 12.1 Å². The number of benzene rings is 1. The monoisotopic (exact) mass is 235 g/mol. The van der Waals surface area contributed by atoms with Crippen LogP contribution >= 0.6 is 0 Å². The van der Waals surface area contributed by atoms with Crippen molar-refractivity contribution < 1.29 is 9.13 Å². The van der Waals surface area contributed by atoms with E-state index in [9.17, 15) is 4.39 Å². The van der Waals surface area contributed by atoms with Crippen LogP contribution in [0, 0.1) is 5.82 Å². The third-order valence-electron chi connectivity index (χ3n) is 2.44. The smallest absolute Gasteiger partial charge is 0.170 e. The second kappa shape index (κ2) is 4.86. The van der Waals surface area contributed by atoms with Gasteiger partial charge in [-0.15, -0.1) is 0 Å². The maximum atomic E-state index is 13.8. The first-order valence-corrected chi connectivity index (χ1v) is 5.25. The van der Waals surface area contributed by atoms with E-state index < -0.39 is 0 Å². The Morgan fingerprint density at radius 1 is 1.41 bits per heavy atom. The minimum absolute atomic E-state index is 0.255. The van der Waals surface area contributed by atoms with E-state index in [1.54, 1.807) is 22.9 Å². The van der Waals surface area contributed by atoms with Gasteiger partial charge < -0.3 is 10.1 Å². The number of aryl methyl sites for hydroxylation is 1. The van der Waals surface area contributed by atoms with E-state index in [0.717, 1.165) is 5.82 Å². The minimum Gasteiger partial charge on any atom is -0.494 e. The number of hydrogen-bond acceptors (Lipinski definition) is 3. The molecule has 0 unspecified atom stereocenters. The molecule has 0 aliphatic rings. The molecule has 17 heavy (non-hydrogen) atoms. The van der Waals surface area contributed by atoms with Crippen molar-refractivity contribution in [3.8, 4) is 5.75 Å². The van der Waals surface area contributed by atoms with Crippen LogP contribution in [-0.2, 0) is 13.6 Å². The van der Waals surface area contributed by atoms with E-state index in [-0.39, 0.29) is 11.6 Å².